The second-order valence-electron chi connectivity index (χ2n) is 8.55. The standard InChI is InChI=1S/C26H32N4O/c1-3-19(2)27-24(31)16-18-30(17-15-20-9-5-4-6-10-20)26-22-11-7-8-12-23(22)28-25(29-26)21-13-14-21/h4-12,19,21H,3,13-18H2,1-2H3,(H,27,31). The average Bonchev–Trinajstić information content (AvgIpc) is 3.65. The predicted octanol–water partition coefficient (Wildman–Crippen LogP) is 4.86. The van der Waals surface area contributed by atoms with Gasteiger partial charge in [-0.1, -0.05) is 49.4 Å². The van der Waals surface area contributed by atoms with Crippen LogP contribution in [0, 0.1) is 0 Å². The molecule has 1 saturated carbocycles. The molecule has 5 heteroatoms. The molecule has 0 radical (unpaired) electrons. The van der Waals surface area contributed by atoms with Crippen LogP contribution in [0.1, 0.15) is 56.8 Å². The van der Waals surface area contributed by atoms with E-state index in [0.717, 1.165) is 41.9 Å². The number of hydrogen-bond acceptors (Lipinski definition) is 4. The van der Waals surface area contributed by atoms with Gasteiger partial charge in [0.15, 0.2) is 0 Å². The summed E-state index contributed by atoms with van der Waals surface area (Å²) in [5.74, 6) is 2.48. The molecule has 1 aromatic heterocycles. The second kappa shape index (κ2) is 9.90. The fourth-order valence-electron chi connectivity index (χ4n) is 3.76. The van der Waals surface area contributed by atoms with E-state index in [1.165, 1.54) is 18.4 Å². The number of para-hydroxylation sites is 1. The van der Waals surface area contributed by atoms with Gasteiger partial charge in [-0.25, -0.2) is 9.97 Å². The highest BCUT2D eigenvalue weighted by molar-refractivity contribution is 5.90. The Balaban J connectivity index is 1.60. The van der Waals surface area contributed by atoms with Crippen molar-refractivity contribution in [2.24, 2.45) is 0 Å². The van der Waals surface area contributed by atoms with Gasteiger partial charge in [0.05, 0.1) is 5.52 Å². The summed E-state index contributed by atoms with van der Waals surface area (Å²) < 4.78 is 0. The molecule has 1 aliphatic carbocycles. The molecule has 0 aliphatic heterocycles. The number of benzene rings is 2. The molecule has 0 saturated heterocycles. The number of nitrogens with zero attached hydrogens (tertiary/aromatic N) is 3. The van der Waals surface area contributed by atoms with Gasteiger partial charge >= 0.3 is 0 Å². The lowest BCUT2D eigenvalue weighted by Gasteiger charge is -2.26. The maximum Gasteiger partial charge on any atom is 0.221 e. The summed E-state index contributed by atoms with van der Waals surface area (Å²) in [7, 11) is 0. The minimum atomic E-state index is 0.0971. The molecule has 0 bridgehead atoms. The molecule has 0 spiro atoms. The van der Waals surface area contributed by atoms with Crippen molar-refractivity contribution in [2.45, 2.75) is 57.9 Å². The summed E-state index contributed by atoms with van der Waals surface area (Å²) in [6, 6.07) is 18.9. The van der Waals surface area contributed by atoms with Crippen LogP contribution in [0.25, 0.3) is 10.9 Å². The van der Waals surface area contributed by atoms with E-state index >= 15 is 0 Å². The first-order valence-corrected chi connectivity index (χ1v) is 11.5. The molecule has 4 rings (SSSR count). The summed E-state index contributed by atoms with van der Waals surface area (Å²) in [5, 5.41) is 4.15. The zero-order valence-corrected chi connectivity index (χ0v) is 18.6. The Labute approximate surface area is 184 Å². The topological polar surface area (TPSA) is 58.1 Å². The Hall–Kier alpha value is -2.95. The largest absolute Gasteiger partial charge is 0.355 e. The Morgan fingerprint density at radius 3 is 2.55 bits per heavy atom. The van der Waals surface area contributed by atoms with Crippen molar-refractivity contribution in [3.63, 3.8) is 0 Å². The van der Waals surface area contributed by atoms with Crippen LogP contribution in [0.4, 0.5) is 5.82 Å². The van der Waals surface area contributed by atoms with Gasteiger partial charge in [-0.3, -0.25) is 4.79 Å². The Kier molecular flexibility index (Phi) is 6.80. The van der Waals surface area contributed by atoms with Crippen molar-refractivity contribution >= 4 is 22.6 Å². The first-order valence-electron chi connectivity index (χ1n) is 11.5. The van der Waals surface area contributed by atoms with E-state index in [1.807, 2.05) is 25.1 Å². The molecule has 162 valence electrons. The van der Waals surface area contributed by atoms with Crippen LogP contribution in [0.15, 0.2) is 54.6 Å². The number of aromatic nitrogens is 2. The van der Waals surface area contributed by atoms with Crippen LogP contribution in [0.2, 0.25) is 0 Å². The quantitative estimate of drug-likeness (QED) is 0.513. The van der Waals surface area contributed by atoms with Crippen LogP contribution in [0.5, 0.6) is 0 Å². The fraction of sp³-hybridized carbons (Fsp3) is 0.423. The zero-order chi connectivity index (χ0) is 21.6. The summed E-state index contributed by atoms with van der Waals surface area (Å²) in [6.07, 6.45) is 4.63. The maximum atomic E-state index is 12.5. The molecule has 31 heavy (non-hydrogen) atoms. The summed E-state index contributed by atoms with van der Waals surface area (Å²) in [5.41, 5.74) is 2.28. The molecule has 1 N–H and O–H groups in total. The third kappa shape index (κ3) is 5.60. The number of amides is 1. The maximum absolute atomic E-state index is 12.5. The number of hydrogen-bond donors (Lipinski definition) is 1. The minimum absolute atomic E-state index is 0.0971. The number of rotatable bonds is 10. The summed E-state index contributed by atoms with van der Waals surface area (Å²) in [4.78, 5) is 24.6. The van der Waals surface area contributed by atoms with Gasteiger partial charge in [-0.2, -0.15) is 0 Å². The van der Waals surface area contributed by atoms with E-state index in [0.29, 0.717) is 18.9 Å². The Morgan fingerprint density at radius 1 is 1.06 bits per heavy atom. The second-order valence-corrected chi connectivity index (χ2v) is 8.55. The lowest BCUT2D eigenvalue weighted by molar-refractivity contribution is -0.121. The highest BCUT2D eigenvalue weighted by Gasteiger charge is 2.28. The van der Waals surface area contributed by atoms with Crippen LogP contribution in [-0.4, -0.2) is 35.0 Å². The molecule has 1 atom stereocenters. The van der Waals surface area contributed by atoms with Crippen molar-refractivity contribution < 1.29 is 4.79 Å². The van der Waals surface area contributed by atoms with E-state index in [9.17, 15) is 4.79 Å². The summed E-state index contributed by atoms with van der Waals surface area (Å²) in [6.45, 7) is 5.58. The lowest BCUT2D eigenvalue weighted by atomic mass is 10.1. The summed E-state index contributed by atoms with van der Waals surface area (Å²) >= 11 is 0. The number of fused-ring (bicyclic) bond motifs is 1. The number of carbonyl (C=O) groups excluding carboxylic acids is 1. The van der Waals surface area contributed by atoms with Gasteiger partial charge in [0, 0.05) is 36.9 Å². The molecular weight excluding hydrogens is 384 g/mol. The molecule has 1 amide bonds. The van der Waals surface area contributed by atoms with E-state index < -0.39 is 0 Å². The average molecular weight is 417 g/mol. The fourth-order valence-corrected chi connectivity index (χ4v) is 3.76. The van der Waals surface area contributed by atoms with E-state index in [-0.39, 0.29) is 11.9 Å². The van der Waals surface area contributed by atoms with Gasteiger partial charge in [0.2, 0.25) is 5.91 Å². The molecule has 3 aromatic rings. The first kappa shape index (κ1) is 21.3. The van der Waals surface area contributed by atoms with Gasteiger partial charge in [-0.15, -0.1) is 0 Å². The normalized spacial score (nSPS) is 14.4. The molecule has 1 aliphatic rings. The monoisotopic (exact) mass is 416 g/mol. The molecule has 1 fully saturated rings. The third-order valence-electron chi connectivity index (χ3n) is 5.98. The number of carbonyl (C=O) groups is 1. The molecular formula is C26H32N4O. The van der Waals surface area contributed by atoms with Crippen LogP contribution in [0.3, 0.4) is 0 Å². The minimum Gasteiger partial charge on any atom is -0.355 e. The smallest absolute Gasteiger partial charge is 0.221 e. The zero-order valence-electron chi connectivity index (χ0n) is 18.6. The number of anilines is 1. The van der Waals surface area contributed by atoms with Crippen molar-refractivity contribution in [2.75, 3.05) is 18.0 Å². The molecule has 1 heterocycles. The Bertz CT molecular complexity index is 1020. The SMILES string of the molecule is CCC(C)NC(=O)CCN(CCc1ccccc1)c1nc(C2CC2)nc2ccccc12. The van der Waals surface area contributed by atoms with E-state index in [2.05, 4.69) is 53.5 Å². The highest BCUT2D eigenvalue weighted by Crippen LogP contribution is 2.39. The van der Waals surface area contributed by atoms with Crippen molar-refractivity contribution in [3.8, 4) is 0 Å². The van der Waals surface area contributed by atoms with Crippen LogP contribution < -0.4 is 10.2 Å². The van der Waals surface area contributed by atoms with Gasteiger partial charge in [-0.05, 0) is 50.3 Å². The molecule has 5 nitrogen and oxygen atoms in total. The van der Waals surface area contributed by atoms with Crippen LogP contribution in [-0.2, 0) is 11.2 Å². The van der Waals surface area contributed by atoms with Crippen molar-refractivity contribution in [1.29, 1.82) is 0 Å². The van der Waals surface area contributed by atoms with Crippen molar-refractivity contribution in [1.82, 2.24) is 15.3 Å². The number of nitrogens with one attached hydrogen (secondary N) is 1. The molecule has 2 aromatic carbocycles. The van der Waals surface area contributed by atoms with Crippen molar-refractivity contribution in [3.05, 3.63) is 66.0 Å². The predicted molar refractivity (Wildman–Crippen MR) is 126 cm³/mol. The van der Waals surface area contributed by atoms with Gasteiger partial charge in [0.25, 0.3) is 0 Å². The van der Waals surface area contributed by atoms with E-state index in [4.69, 9.17) is 9.97 Å². The van der Waals surface area contributed by atoms with Crippen LogP contribution >= 0.6 is 0 Å². The highest BCUT2D eigenvalue weighted by atomic mass is 16.1. The Morgan fingerprint density at radius 2 is 1.81 bits per heavy atom. The van der Waals surface area contributed by atoms with E-state index in [1.54, 1.807) is 0 Å². The third-order valence-corrected chi connectivity index (χ3v) is 5.98. The van der Waals surface area contributed by atoms with Gasteiger partial charge in [0.1, 0.15) is 11.6 Å². The van der Waals surface area contributed by atoms with Gasteiger partial charge < -0.3 is 10.2 Å². The lowest BCUT2D eigenvalue weighted by Crippen LogP contribution is -2.36. The molecule has 1 unspecified atom stereocenters. The first-order chi connectivity index (χ1) is 15.1.